The number of para-hydroxylation sites is 1. The number of nitrogens with zero attached hydrogens (tertiary/aromatic N) is 3. The minimum Gasteiger partial charge on any atom is -0.378 e. The van der Waals surface area contributed by atoms with Gasteiger partial charge in [0.2, 0.25) is 5.91 Å². The van der Waals surface area contributed by atoms with E-state index in [9.17, 15) is 14.4 Å². The van der Waals surface area contributed by atoms with Crippen LogP contribution < -0.4 is 10.9 Å². The molecule has 1 aromatic heterocycles. The molecule has 0 saturated carbocycles. The molecule has 0 spiro atoms. The molecule has 5 rings (SSSR count). The summed E-state index contributed by atoms with van der Waals surface area (Å²) in [7, 11) is 0. The van der Waals surface area contributed by atoms with E-state index in [1.54, 1.807) is 47.4 Å². The number of hydrogen-bond donors (Lipinski definition) is 1. The lowest BCUT2D eigenvalue weighted by atomic mass is 10.1. The predicted octanol–water partition coefficient (Wildman–Crippen LogP) is 3.31. The lowest BCUT2D eigenvalue weighted by molar-refractivity contribution is -0.118. The van der Waals surface area contributed by atoms with Crippen LogP contribution in [0, 0.1) is 0 Å². The van der Waals surface area contributed by atoms with Crippen molar-refractivity contribution in [3.05, 3.63) is 100 Å². The van der Waals surface area contributed by atoms with E-state index in [1.165, 1.54) is 16.3 Å². The minimum atomic E-state index is -0.227. The first-order valence-corrected chi connectivity index (χ1v) is 13.5. The molecule has 9 heteroatoms. The lowest BCUT2D eigenvalue weighted by Crippen LogP contribution is -2.40. The van der Waals surface area contributed by atoms with Crippen LogP contribution in [0.25, 0.3) is 16.6 Å². The Kier molecular flexibility index (Phi) is 8.15. The zero-order valence-corrected chi connectivity index (χ0v) is 21.7. The molecule has 2 heterocycles. The first-order valence-electron chi connectivity index (χ1n) is 12.5. The Balaban J connectivity index is 1.35. The maximum Gasteiger partial charge on any atom is 0.266 e. The van der Waals surface area contributed by atoms with Crippen molar-refractivity contribution < 1.29 is 14.3 Å². The molecule has 0 radical (unpaired) electrons. The van der Waals surface area contributed by atoms with Gasteiger partial charge in [-0.25, -0.2) is 4.98 Å². The van der Waals surface area contributed by atoms with E-state index in [2.05, 4.69) is 5.32 Å². The Bertz CT molecular complexity index is 1480. The van der Waals surface area contributed by atoms with Crippen LogP contribution >= 0.6 is 11.8 Å². The molecule has 1 fully saturated rings. The molecule has 1 saturated heterocycles. The Labute approximate surface area is 224 Å². The maximum absolute atomic E-state index is 13.5. The van der Waals surface area contributed by atoms with Crippen LogP contribution in [0.4, 0.5) is 0 Å². The second-order valence-corrected chi connectivity index (χ2v) is 9.82. The average Bonchev–Trinajstić information content (AvgIpc) is 2.97. The molecule has 0 aliphatic carbocycles. The van der Waals surface area contributed by atoms with Crippen molar-refractivity contribution >= 4 is 34.5 Å². The fourth-order valence-electron chi connectivity index (χ4n) is 4.31. The van der Waals surface area contributed by atoms with Gasteiger partial charge in [0.15, 0.2) is 5.16 Å². The van der Waals surface area contributed by atoms with Crippen LogP contribution in [0.15, 0.2) is 88.8 Å². The molecular formula is C29H28N4O4S. The van der Waals surface area contributed by atoms with Crippen LogP contribution in [0.1, 0.15) is 15.9 Å². The van der Waals surface area contributed by atoms with Crippen molar-refractivity contribution in [1.82, 2.24) is 19.8 Å². The van der Waals surface area contributed by atoms with Crippen LogP contribution in [0.3, 0.4) is 0 Å². The highest BCUT2D eigenvalue weighted by Crippen LogP contribution is 2.22. The predicted molar refractivity (Wildman–Crippen MR) is 148 cm³/mol. The van der Waals surface area contributed by atoms with Gasteiger partial charge >= 0.3 is 0 Å². The number of fused-ring (bicyclic) bond motifs is 1. The van der Waals surface area contributed by atoms with Crippen molar-refractivity contribution in [3.8, 4) is 5.69 Å². The summed E-state index contributed by atoms with van der Waals surface area (Å²) in [6.45, 7) is 2.70. The number of hydrogen-bond acceptors (Lipinski definition) is 6. The zero-order chi connectivity index (χ0) is 26.3. The number of benzene rings is 3. The van der Waals surface area contributed by atoms with E-state index in [0.29, 0.717) is 60.2 Å². The molecule has 0 atom stereocenters. The summed E-state index contributed by atoms with van der Waals surface area (Å²) in [4.78, 5) is 45.4. The summed E-state index contributed by atoms with van der Waals surface area (Å²) in [6.07, 6.45) is 0.742. The molecule has 3 aromatic carbocycles. The third kappa shape index (κ3) is 5.95. The molecule has 4 aromatic rings. The van der Waals surface area contributed by atoms with Gasteiger partial charge in [0.25, 0.3) is 11.5 Å². The topological polar surface area (TPSA) is 93.5 Å². The fourth-order valence-corrected chi connectivity index (χ4v) is 5.15. The van der Waals surface area contributed by atoms with Crippen LogP contribution in [-0.2, 0) is 16.0 Å². The highest BCUT2D eigenvalue weighted by molar-refractivity contribution is 7.99. The summed E-state index contributed by atoms with van der Waals surface area (Å²) in [5.41, 5.74) is 2.62. The van der Waals surface area contributed by atoms with Crippen molar-refractivity contribution in [3.63, 3.8) is 0 Å². The molecule has 38 heavy (non-hydrogen) atoms. The highest BCUT2D eigenvalue weighted by atomic mass is 32.2. The van der Waals surface area contributed by atoms with Crippen LogP contribution in [-0.4, -0.2) is 64.9 Å². The minimum absolute atomic E-state index is 0.0643. The van der Waals surface area contributed by atoms with Gasteiger partial charge in [0, 0.05) is 25.2 Å². The quantitative estimate of drug-likeness (QED) is 0.279. The summed E-state index contributed by atoms with van der Waals surface area (Å²) >= 11 is 1.21. The highest BCUT2D eigenvalue weighted by Gasteiger charge is 2.19. The summed E-state index contributed by atoms with van der Waals surface area (Å²) in [6, 6.07) is 24.1. The Morgan fingerprint density at radius 3 is 2.39 bits per heavy atom. The number of carbonyl (C=O) groups excluding carboxylic acids is 2. The maximum atomic E-state index is 13.5. The number of amides is 2. The standard InChI is InChI=1S/C29H28N4O4S/c34-26(30-15-14-21-6-2-1-3-7-21)20-38-29-31-25-9-5-4-8-24(25)28(36)33(29)23-12-10-22(11-13-23)27(35)32-16-18-37-19-17-32/h1-13H,14-20H2,(H,30,34). The SMILES string of the molecule is O=C(CSc1nc2ccccc2c(=O)n1-c1ccc(C(=O)N2CCOCC2)cc1)NCCc1ccccc1. The summed E-state index contributed by atoms with van der Waals surface area (Å²) < 4.78 is 6.84. The lowest BCUT2D eigenvalue weighted by Gasteiger charge is -2.26. The Morgan fingerprint density at radius 2 is 1.63 bits per heavy atom. The number of carbonyl (C=O) groups is 2. The summed E-state index contributed by atoms with van der Waals surface area (Å²) in [5.74, 6) is -0.0790. The number of morpholine rings is 1. The van der Waals surface area contributed by atoms with Gasteiger partial charge in [-0.15, -0.1) is 0 Å². The fraction of sp³-hybridized carbons (Fsp3) is 0.241. The molecule has 1 aliphatic heterocycles. The van der Waals surface area contributed by atoms with E-state index < -0.39 is 0 Å². The molecule has 1 aliphatic rings. The molecule has 194 valence electrons. The van der Waals surface area contributed by atoms with E-state index in [4.69, 9.17) is 9.72 Å². The van der Waals surface area contributed by atoms with Crippen molar-refractivity contribution in [2.24, 2.45) is 0 Å². The monoisotopic (exact) mass is 528 g/mol. The number of ether oxygens (including phenoxy) is 1. The second-order valence-electron chi connectivity index (χ2n) is 8.88. The molecule has 8 nitrogen and oxygen atoms in total. The molecule has 2 amide bonds. The smallest absolute Gasteiger partial charge is 0.266 e. The third-order valence-electron chi connectivity index (χ3n) is 6.33. The number of aromatic nitrogens is 2. The first kappa shape index (κ1) is 25.7. The van der Waals surface area contributed by atoms with Gasteiger partial charge in [-0.2, -0.15) is 0 Å². The largest absolute Gasteiger partial charge is 0.378 e. The normalized spacial score (nSPS) is 13.4. The van der Waals surface area contributed by atoms with Crippen molar-refractivity contribution in [2.75, 3.05) is 38.6 Å². The summed E-state index contributed by atoms with van der Waals surface area (Å²) in [5, 5.41) is 3.84. The van der Waals surface area contributed by atoms with Gasteiger partial charge in [0.1, 0.15) is 0 Å². The van der Waals surface area contributed by atoms with E-state index in [1.807, 2.05) is 36.4 Å². The Hall–Kier alpha value is -3.95. The molecular weight excluding hydrogens is 500 g/mol. The number of nitrogens with one attached hydrogen (secondary N) is 1. The third-order valence-corrected chi connectivity index (χ3v) is 7.27. The molecule has 1 N–H and O–H groups in total. The van der Waals surface area contributed by atoms with Crippen molar-refractivity contribution in [1.29, 1.82) is 0 Å². The van der Waals surface area contributed by atoms with Gasteiger partial charge in [-0.1, -0.05) is 54.2 Å². The number of rotatable bonds is 8. The molecule has 0 unspecified atom stereocenters. The van der Waals surface area contributed by atoms with Gasteiger partial charge in [-0.05, 0) is 48.4 Å². The van der Waals surface area contributed by atoms with Crippen LogP contribution in [0.2, 0.25) is 0 Å². The van der Waals surface area contributed by atoms with Gasteiger partial charge in [-0.3, -0.25) is 19.0 Å². The van der Waals surface area contributed by atoms with Gasteiger partial charge in [0.05, 0.1) is 35.6 Å². The first-order chi connectivity index (χ1) is 18.6. The van der Waals surface area contributed by atoms with Gasteiger partial charge < -0.3 is 15.0 Å². The van der Waals surface area contributed by atoms with E-state index >= 15 is 0 Å². The average molecular weight is 529 g/mol. The zero-order valence-electron chi connectivity index (χ0n) is 20.8. The second kappa shape index (κ2) is 12.1. The Morgan fingerprint density at radius 1 is 0.921 bits per heavy atom. The number of thioether (sulfide) groups is 1. The van der Waals surface area contributed by atoms with Crippen LogP contribution in [0.5, 0.6) is 0 Å². The van der Waals surface area contributed by atoms with E-state index in [0.717, 1.165) is 12.0 Å². The molecule has 0 bridgehead atoms. The van der Waals surface area contributed by atoms with E-state index in [-0.39, 0.29) is 23.1 Å². The van der Waals surface area contributed by atoms with Crippen molar-refractivity contribution in [2.45, 2.75) is 11.6 Å².